The highest BCUT2D eigenvalue weighted by molar-refractivity contribution is 7.92. The molecule has 0 atom stereocenters. The number of hydrogen-bond acceptors (Lipinski definition) is 4. The monoisotopic (exact) mass is 319 g/mol. The summed E-state index contributed by atoms with van der Waals surface area (Å²) in [6.45, 7) is 1.58. The van der Waals surface area contributed by atoms with Crippen LogP contribution in [-0.2, 0) is 10.0 Å². The lowest BCUT2D eigenvalue weighted by Crippen LogP contribution is -2.28. The molecule has 7 heteroatoms. The minimum Gasteiger partial charge on any atom is -0.321 e. The number of sulfonamides is 1. The highest BCUT2D eigenvalue weighted by Gasteiger charge is 2.16. The number of carbonyl (C=O) groups excluding carboxylic acids is 1. The van der Waals surface area contributed by atoms with E-state index in [2.05, 4.69) is 10.3 Å². The van der Waals surface area contributed by atoms with Crippen LogP contribution in [0.4, 0.5) is 11.4 Å². The summed E-state index contributed by atoms with van der Waals surface area (Å²) in [5, 5.41) is 2.72. The number of hydrogen-bond donors (Lipinski definition) is 1. The van der Waals surface area contributed by atoms with Gasteiger partial charge in [0.05, 0.1) is 23.3 Å². The van der Waals surface area contributed by atoms with Crippen LogP contribution in [0.5, 0.6) is 0 Å². The van der Waals surface area contributed by atoms with E-state index in [-0.39, 0.29) is 11.7 Å². The molecule has 0 saturated carbocycles. The van der Waals surface area contributed by atoms with Gasteiger partial charge in [-0.25, -0.2) is 8.42 Å². The highest BCUT2D eigenvalue weighted by atomic mass is 32.2. The van der Waals surface area contributed by atoms with Crippen LogP contribution in [0.15, 0.2) is 48.8 Å². The molecule has 2 rings (SSSR count). The average Bonchev–Trinajstić information content (AvgIpc) is 2.55. The Morgan fingerprint density at radius 2 is 1.91 bits per heavy atom. The molecule has 0 unspecified atom stereocenters. The van der Waals surface area contributed by atoms with Gasteiger partial charge in [-0.15, -0.1) is 0 Å². The summed E-state index contributed by atoms with van der Waals surface area (Å²) in [5.74, 6) is -0.257. The minimum atomic E-state index is -3.31. The van der Waals surface area contributed by atoms with E-state index in [1.165, 1.54) is 11.4 Å². The number of anilines is 2. The SMILES string of the molecule is CCS(=O)(=O)N(C)c1ccc(C(=O)Nc2cccnc2)cc1. The van der Waals surface area contributed by atoms with E-state index in [9.17, 15) is 13.2 Å². The zero-order chi connectivity index (χ0) is 16.2. The summed E-state index contributed by atoms with van der Waals surface area (Å²) in [6.07, 6.45) is 3.17. The third kappa shape index (κ3) is 3.62. The zero-order valence-corrected chi connectivity index (χ0v) is 13.2. The minimum absolute atomic E-state index is 0.0206. The molecule has 1 heterocycles. The fourth-order valence-corrected chi connectivity index (χ4v) is 2.65. The van der Waals surface area contributed by atoms with Gasteiger partial charge in [0.1, 0.15) is 0 Å². The molecule has 0 aliphatic carbocycles. The van der Waals surface area contributed by atoms with Crippen molar-refractivity contribution in [1.82, 2.24) is 4.98 Å². The van der Waals surface area contributed by atoms with Gasteiger partial charge in [0.25, 0.3) is 5.91 Å². The molecule has 1 aromatic carbocycles. The Labute approximate surface area is 129 Å². The fraction of sp³-hybridized carbons (Fsp3) is 0.200. The molecule has 0 bridgehead atoms. The van der Waals surface area contributed by atoms with Gasteiger partial charge >= 0.3 is 0 Å². The van der Waals surface area contributed by atoms with Crippen LogP contribution in [0.1, 0.15) is 17.3 Å². The topological polar surface area (TPSA) is 79.4 Å². The van der Waals surface area contributed by atoms with Crippen molar-refractivity contribution >= 4 is 27.3 Å². The quantitative estimate of drug-likeness (QED) is 0.915. The first-order valence-electron chi connectivity index (χ1n) is 6.72. The van der Waals surface area contributed by atoms with E-state index >= 15 is 0 Å². The van der Waals surface area contributed by atoms with Gasteiger partial charge in [0.2, 0.25) is 10.0 Å². The molecule has 6 nitrogen and oxygen atoms in total. The molecule has 22 heavy (non-hydrogen) atoms. The van der Waals surface area contributed by atoms with Crippen LogP contribution in [0.25, 0.3) is 0 Å². The number of nitrogens with zero attached hydrogens (tertiary/aromatic N) is 2. The van der Waals surface area contributed by atoms with Gasteiger partial charge in [-0.3, -0.25) is 14.1 Å². The molecule has 116 valence electrons. The molecular weight excluding hydrogens is 302 g/mol. The maximum atomic E-state index is 12.1. The van der Waals surface area contributed by atoms with Crippen LogP contribution < -0.4 is 9.62 Å². The summed E-state index contributed by atoms with van der Waals surface area (Å²) in [4.78, 5) is 16.0. The number of pyridine rings is 1. The Kier molecular flexibility index (Phi) is 4.77. The molecule has 1 amide bonds. The molecule has 0 saturated heterocycles. The van der Waals surface area contributed by atoms with E-state index in [4.69, 9.17) is 0 Å². The van der Waals surface area contributed by atoms with Gasteiger partial charge in [-0.1, -0.05) is 0 Å². The molecule has 1 N–H and O–H groups in total. The van der Waals surface area contributed by atoms with Gasteiger partial charge < -0.3 is 5.32 Å². The van der Waals surface area contributed by atoms with E-state index < -0.39 is 10.0 Å². The third-order valence-corrected chi connectivity index (χ3v) is 4.97. The Hall–Kier alpha value is -2.41. The molecule has 1 aromatic heterocycles. The van der Waals surface area contributed by atoms with Crippen LogP contribution in [-0.4, -0.2) is 32.1 Å². The summed E-state index contributed by atoms with van der Waals surface area (Å²) in [7, 11) is -1.82. The first-order chi connectivity index (χ1) is 10.4. The molecule has 0 aliphatic heterocycles. The normalized spacial score (nSPS) is 11.0. The molecule has 0 radical (unpaired) electrons. The molecule has 0 spiro atoms. The van der Waals surface area contributed by atoms with Gasteiger partial charge in [0.15, 0.2) is 0 Å². The zero-order valence-electron chi connectivity index (χ0n) is 12.4. The van der Waals surface area contributed by atoms with Crippen LogP contribution in [0.3, 0.4) is 0 Å². The van der Waals surface area contributed by atoms with Crippen molar-refractivity contribution in [3.63, 3.8) is 0 Å². The second-order valence-corrected chi connectivity index (χ2v) is 6.90. The summed E-state index contributed by atoms with van der Waals surface area (Å²) < 4.78 is 24.8. The van der Waals surface area contributed by atoms with Crippen molar-refractivity contribution in [3.05, 3.63) is 54.4 Å². The number of rotatable bonds is 5. The molecule has 0 aliphatic rings. The Morgan fingerprint density at radius 3 is 2.45 bits per heavy atom. The first kappa shape index (κ1) is 16.0. The lowest BCUT2D eigenvalue weighted by Gasteiger charge is -2.18. The second-order valence-electron chi connectivity index (χ2n) is 4.61. The Balaban J connectivity index is 2.14. The van der Waals surface area contributed by atoms with E-state index in [0.29, 0.717) is 16.9 Å². The predicted molar refractivity (Wildman–Crippen MR) is 86.5 cm³/mol. The Morgan fingerprint density at radius 1 is 1.23 bits per heavy atom. The first-order valence-corrected chi connectivity index (χ1v) is 8.33. The van der Waals surface area contributed by atoms with E-state index in [1.54, 1.807) is 55.7 Å². The number of carbonyl (C=O) groups is 1. The van der Waals surface area contributed by atoms with Crippen molar-refractivity contribution in [2.75, 3.05) is 22.4 Å². The average molecular weight is 319 g/mol. The third-order valence-electron chi connectivity index (χ3n) is 3.19. The van der Waals surface area contributed by atoms with Crippen molar-refractivity contribution in [3.8, 4) is 0 Å². The van der Waals surface area contributed by atoms with E-state index in [1.807, 2.05) is 0 Å². The van der Waals surface area contributed by atoms with Gasteiger partial charge in [-0.2, -0.15) is 0 Å². The lowest BCUT2D eigenvalue weighted by molar-refractivity contribution is 0.102. The van der Waals surface area contributed by atoms with Gasteiger partial charge in [0, 0.05) is 18.8 Å². The Bertz CT molecular complexity index is 743. The number of nitrogens with one attached hydrogen (secondary N) is 1. The highest BCUT2D eigenvalue weighted by Crippen LogP contribution is 2.18. The van der Waals surface area contributed by atoms with E-state index in [0.717, 1.165) is 0 Å². The maximum Gasteiger partial charge on any atom is 0.255 e. The maximum absolute atomic E-state index is 12.1. The van der Waals surface area contributed by atoms with Crippen molar-refractivity contribution in [1.29, 1.82) is 0 Å². The molecule has 0 fully saturated rings. The smallest absolute Gasteiger partial charge is 0.255 e. The van der Waals surface area contributed by atoms with Crippen molar-refractivity contribution in [2.45, 2.75) is 6.92 Å². The largest absolute Gasteiger partial charge is 0.321 e. The predicted octanol–water partition coefficient (Wildman–Crippen LogP) is 2.12. The number of amides is 1. The van der Waals surface area contributed by atoms with Crippen LogP contribution in [0, 0.1) is 0 Å². The van der Waals surface area contributed by atoms with Crippen molar-refractivity contribution < 1.29 is 13.2 Å². The fourth-order valence-electron chi connectivity index (χ4n) is 1.82. The molecular formula is C15H17N3O3S. The molecule has 2 aromatic rings. The summed E-state index contributed by atoms with van der Waals surface area (Å²) in [5.41, 5.74) is 1.55. The second kappa shape index (κ2) is 6.57. The van der Waals surface area contributed by atoms with Crippen LogP contribution in [0.2, 0.25) is 0 Å². The van der Waals surface area contributed by atoms with Crippen LogP contribution >= 0.6 is 0 Å². The number of aromatic nitrogens is 1. The lowest BCUT2D eigenvalue weighted by atomic mass is 10.2. The van der Waals surface area contributed by atoms with Crippen molar-refractivity contribution in [2.24, 2.45) is 0 Å². The number of benzene rings is 1. The van der Waals surface area contributed by atoms with Gasteiger partial charge in [-0.05, 0) is 43.3 Å². The summed E-state index contributed by atoms with van der Waals surface area (Å²) >= 11 is 0. The summed E-state index contributed by atoms with van der Waals surface area (Å²) in [6, 6.07) is 9.84. The standard InChI is InChI=1S/C15H17N3O3S/c1-3-22(20,21)18(2)14-8-6-12(7-9-14)15(19)17-13-5-4-10-16-11-13/h4-11H,3H2,1-2H3,(H,17,19).